The first-order valence-corrected chi connectivity index (χ1v) is 8.78. The predicted molar refractivity (Wildman–Crippen MR) is 97.5 cm³/mol. The van der Waals surface area contributed by atoms with Crippen LogP contribution < -0.4 is 10.9 Å². The second kappa shape index (κ2) is 7.19. The van der Waals surface area contributed by atoms with Gasteiger partial charge in [0.2, 0.25) is 5.91 Å². The minimum Gasteiger partial charge on any atom is -0.481 e. The van der Waals surface area contributed by atoms with Gasteiger partial charge in [-0.2, -0.15) is 0 Å². The normalized spacial score (nSPS) is 19.9. The average Bonchev–Trinajstić information content (AvgIpc) is 2.86. The summed E-state index contributed by atoms with van der Waals surface area (Å²) in [4.78, 5) is 36.7. The number of benzene rings is 1. The summed E-state index contributed by atoms with van der Waals surface area (Å²) in [6.07, 6.45) is 2.27. The number of carbonyl (C=O) groups excluding carboxylic acids is 1. The molecule has 1 aliphatic carbocycles. The van der Waals surface area contributed by atoms with Crippen LogP contribution in [0.5, 0.6) is 0 Å². The molecule has 26 heavy (non-hydrogen) atoms. The Morgan fingerprint density at radius 3 is 2.46 bits per heavy atom. The van der Waals surface area contributed by atoms with E-state index in [0.717, 1.165) is 0 Å². The topological polar surface area (TPSA) is 93.3 Å². The maximum Gasteiger partial charge on any atom is 0.306 e. The van der Waals surface area contributed by atoms with Crippen LogP contribution in [0.4, 0.5) is 5.69 Å². The lowest BCUT2D eigenvalue weighted by Crippen LogP contribution is -2.32. The van der Waals surface area contributed by atoms with Crippen LogP contribution in [0.3, 0.4) is 0 Å². The van der Waals surface area contributed by atoms with Gasteiger partial charge >= 0.3 is 5.97 Å². The molecule has 7 nitrogen and oxygen atoms in total. The second-order valence-electron chi connectivity index (χ2n) is 6.82. The molecule has 0 radical (unpaired) electrons. The van der Waals surface area contributed by atoms with Gasteiger partial charge in [-0.3, -0.25) is 19.1 Å². The van der Waals surface area contributed by atoms with E-state index in [-0.39, 0.29) is 23.1 Å². The molecule has 0 saturated heterocycles. The molecule has 1 heterocycles. The van der Waals surface area contributed by atoms with E-state index in [1.54, 1.807) is 18.7 Å². The molecule has 3 rings (SSSR count). The fourth-order valence-corrected chi connectivity index (χ4v) is 3.59. The Bertz CT molecular complexity index is 882. The van der Waals surface area contributed by atoms with E-state index < -0.39 is 11.9 Å². The molecule has 1 aromatic heterocycles. The van der Waals surface area contributed by atoms with Gasteiger partial charge in [-0.1, -0.05) is 24.6 Å². The van der Waals surface area contributed by atoms with Crippen molar-refractivity contribution in [2.24, 2.45) is 18.9 Å². The fourth-order valence-electron chi connectivity index (χ4n) is 3.59. The highest BCUT2D eigenvalue weighted by atomic mass is 16.4. The first-order chi connectivity index (χ1) is 12.4. The first-order valence-electron chi connectivity index (χ1n) is 8.78. The SMILES string of the molecule is Cc1c(NC(=O)C2CCCC(C(=O)O)C2)c(=O)n(-c2ccccc2)n1C. The number of para-hydroxylation sites is 1. The van der Waals surface area contributed by atoms with E-state index in [9.17, 15) is 19.5 Å². The average molecular weight is 357 g/mol. The van der Waals surface area contributed by atoms with Crippen molar-refractivity contribution in [2.45, 2.75) is 32.6 Å². The van der Waals surface area contributed by atoms with Gasteiger partial charge in [-0.25, -0.2) is 4.68 Å². The number of aromatic nitrogens is 2. The lowest BCUT2D eigenvalue weighted by atomic mass is 9.81. The number of rotatable bonds is 4. The summed E-state index contributed by atoms with van der Waals surface area (Å²) < 4.78 is 3.21. The van der Waals surface area contributed by atoms with Gasteiger partial charge < -0.3 is 10.4 Å². The monoisotopic (exact) mass is 357 g/mol. The Labute approximate surface area is 151 Å². The van der Waals surface area contributed by atoms with Gasteiger partial charge in [0.05, 0.1) is 17.3 Å². The highest BCUT2D eigenvalue weighted by Gasteiger charge is 2.32. The van der Waals surface area contributed by atoms with Crippen LogP contribution in [-0.4, -0.2) is 26.3 Å². The summed E-state index contributed by atoms with van der Waals surface area (Å²) >= 11 is 0. The molecule has 0 aliphatic heterocycles. The van der Waals surface area contributed by atoms with Gasteiger partial charge in [0, 0.05) is 13.0 Å². The number of hydrogen-bond acceptors (Lipinski definition) is 3. The minimum absolute atomic E-state index is 0.249. The van der Waals surface area contributed by atoms with Crippen LogP contribution in [0, 0.1) is 18.8 Å². The Morgan fingerprint density at radius 1 is 1.15 bits per heavy atom. The number of carboxylic acids is 1. The van der Waals surface area contributed by atoms with Gasteiger partial charge in [0.1, 0.15) is 5.69 Å². The highest BCUT2D eigenvalue weighted by Crippen LogP contribution is 2.30. The van der Waals surface area contributed by atoms with Crippen LogP contribution in [0.2, 0.25) is 0 Å². The van der Waals surface area contributed by atoms with E-state index in [2.05, 4.69) is 5.32 Å². The van der Waals surface area contributed by atoms with Crippen molar-refractivity contribution in [3.05, 3.63) is 46.4 Å². The fraction of sp³-hybridized carbons (Fsp3) is 0.421. The quantitative estimate of drug-likeness (QED) is 0.878. The molecule has 1 aliphatic rings. The van der Waals surface area contributed by atoms with E-state index in [1.165, 1.54) is 4.68 Å². The molecule has 2 unspecified atom stereocenters. The van der Waals surface area contributed by atoms with E-state index in [4.69, 9.17) is 0 Å². The number of hydrogen-bond donors (Lipinski definition) is 2. The van der Waals surface area contributed by atoms with Gasteiger partial charge in [0.15, 0.2) is 0 Å². The zero-order valence-corrected chi connectivity index (χ0v) is 14.9. The Hall–Kier alpha value is -2.83. The third kappa shape index (κ3) is 3.29. The number of nitrogens with zero attached hydrogens (tertiary/aromatic N) is 2. The van der Waals surface area contributed by atoms with E-state index >= 15 is 0 Å². The summed E-state index contributed by atoms with van der Waals surface area (Å²) in [5.41, 5.74) is 1.32. The largest absolute Gasteiger partial charge is 0.481 e. The Kier molecular flexibility index (Phi) is 4.97. The lowest BCUT2D eigenvalue weighted by molar-refractivity contribution is -0.143. The molecule has 2 aromatic rings. The summed E-state index contributed by atoms with van der Waals surface area (Å²) in [5.74, 6) is -2.00. The molecule has 1 saturated carbocycles. The third-order valence-electron chi connectivity index (χ3n) is 5.20. The highest BCUT2D eigenvalue weighted by molar-refractivity contribution is 5.93. The molecule has 0 spiro atoms. The van der Waals surface area contributed by atoms with Crippen molar-refractivity contribution in [1.82, 2.24) is 9.36 Å². The van der Waals surface area contributed by atoms with E-state index in [0.29, 0.717) is 37.1 Å². The molecule has 2 atom stereocenters. The maximum atomic E-state index is 12.8. The van der Waals surface area contributed by atoms with Gasteiger partial charge in [-0.15, -0.1) is 0 Å². The zero-order valence-electron chi connectivity index (χ0n) is 14.9. The third-order valence-corrected chi connectivity index (χ3v) is 5.20. The van der Waals surface area contributed by atoms with Crippen LogP contribution in [0.15, 0.2) is 35.1 Å². The summed E-state index contributed by atoms with van der Waals surface area (Å²) in [7, 11) is 1.76. The molecular formula is C19H23N3O4. The molecule has 7 heteroatoms. The van der Waals surface area contributed by atoms with Crippen molar-refractivity contribution in [3.63, 3.8) is 0 Å². The number of carboxylic acid groups (broad SMARTS) is 1. The molecule has 2 N–H and O–H groups in total. The molecule has 1 fully saturated rings. The van der Waals surface area contributed by atoms with E-state index in [1.807, 2.05) is 30.3 Å². The molecular weight excluding hydrogens is 334 g/mol. The standard InChI is InChI=1S/C19H23N3O4/c1-12-16(18(24)22(21(12)2)15-9-4-3-5-10-15)20-17(23)13-7-6-8-14(11-13)19(25)26/h3-5,9-10,13-14H,6-8,11H2,1-2H3,(H,20,23)(H,25,26). The van der Waals surface area contributed by atoms with Crippen molar-refractivity contribution < 1.29 is 14.7 Å². The van der Waals surface area contributed by atoms with Crippen LogP contribution in [0.25, 0.3) is 5.69 Å². The molecule has 138 valence electrons. The van der Waals surface area contributed by atoms with Crippen molar-refractivity contribution >= 4 is 17.6 Å². The summed E-state index contributed by atoms with van der Waals surface area (Å²) in [6, 6.07) is 9.21. The Balaban J connectivity index is 1.86. The molecule has 1 amide bonds. The van der Waals surface area contributed by atoms with Crippen molar-refractivity contribution in [3.8, 4) is 5.69 Å². The number of anilines is 1. The van der Waals surface area contributed by atoms with Crippen LogP contribution in [-0.2, 0) is 16.6 Å². The Morgan fingerprint density at radius 2 is 1.81 bits per heavy atom. The van der Waals surface area contributed by atoms with Crippen molar-refractivity contribution in [2.75, 3.05) is 5.32 Å². The summed E-state index contributed by atoms with van der Waals surface area (Å²) in [6.45, 7) is 1.78. The zero-order chi connectivity index (χ0) is 18.8. The number of nitrogens with one attached hydrogen (secondary N) is 1. The maximum absolute atomic E-state index is 12.8. The van der Waals surface area contributed by atoms with Crippen molar-refractivity contribution in [1.29, 1.82) is 0 Å². The lowest BCUT2D eigenvalue weighted by Gasteiger charge is -2.25. The van der Waals surface area contributed by atoms with Crippen LogP contribution >= 0.6 is 0 Å². The predicted octanol–water partition coefficient (Wildman–Crippen LogP) is 2.31. The number of aliphatic carboxylic acids is 1. The van der Waals surface area contributed by atoms with Gasteiger partial charge in [0.25, 0.3) is 5.56 Å². The number of amides is 1. The smallest absolute Gasteiger partial charge is 0.306 e. The van der Waals surface area contributed by atoms with Gasteiger partial charge in [-0.05, 0) is 38.3 Å². The molecule has 0 bridgehead atoms. The summed E-state index contributed by atoms with van der Waals surface area (Å²) in [5, 5.41) is 11.9. The van der Waals surface area contributed by atoms with Crippen LogP contribution in [0.1, 0.15) is 31.4 Å². The first kappa shape index (κ1) is 18.0. The number of carbonyl (C=O) groups is 2. The second-order valence-corrected chi connectivity index (χ2v) is 6.82. The minimum atomic E-state index is -0.857. The molecule has 1 aromatic carbocycles.